The zero-order chi connectivity index (χ0) is 14.7. The first-order valence-electron chi connectivity index (χ1n) is 6.11. The first-order valence-corrected chi connectivity index (χ1v) is 6.11. The summed E-state index contributed by atoms with van der Waals surface area (Å²) in [5.74, 6) is 0.555. The highest BCUT2D eigenvalue weighted by atomic mass is 16.5. The van der Waals surface area contributed by atoms with E-state index in [1.54, 1.807) is 46.7 Å². The fraction of sp³-hybridized carbons (Fsp3) is 0.538. The Morgan fingerprint density at radius 1 is 1.32 bits per heavy atom. The van der Waals surface area contributed by atoms with Gasteiger partial charge < -0.3 is 15.5 Å². The van der Waals surface area contributed by atoms with E-state index >= 15 is 0 Å². The molecule has 0 saturated heterocycles. The topological polar surface area (TPSA) is 81.3 Å². The molecular formula is C13H21BN3O2. The van der Waals surface area contributed by atoms with E-state index in [-0.39, 0.29) is 0 Å². The summed E-state index contributed by atoms with van der Waals surface area (Å²) in [4.78, 5) is 8.28. The van der Waals surface area contributed by atoms with Crippen LogP contribution in [0.15, 0.2) is 18.1 Å². The largest absolute Gasteiger partial charge is 0.427 e. The Balaban J connectivity index is 2.67. The van der Waals surface area contributed by atoms with Crippen molar-refractivity contribution in [1.29, 1.82) is 0 Å². The molecule has 0 aliphatic rings. The monoisotopic (exact) mass is 262 g/mol. The molecule has 1 rings (SSSR count). The molecule has 0 fully saturated rings. The smallest absolute Gasteiger partial charge is 0.334 e. The van der Waals surface area contributed by atoms with Gasteiger partial charge >= 0.3 is 7.48 Å². The van der Waals surface area contributed by atoms with Crippen molar-refractivity contribution in [3.63, 3.8) is 0 Å². The highest BCUT2D eigenvalue weighted by Crippen LogP contribution is 2.24. The molecule has 0 atom stereocenters. The predicted octanol–water partition coefficient (Wildman–Crippen LogP) is 0.607. The van der Waals surface area contributed by atoms with E-state index in [1.807, 2.05) is 13.8 Å². The lowest BCUT2D eigenvalue weighted by atomic mass is 9.84. The van der Waals surface area contributed by atoms with Crippen LogP contribution in [0.3, 0.4) is 0 Å². The molecule has 1 radical (unpaired) electrons. The maximum atomic E-state index is 9.97. The van der Waals surface area contributed by atoms with E-state index in [4.69, 9.17) is 10.4 Å². The summed E-state index contributed by atoms with van der Waals surface area (Å²) in [6, 6.07) is 0. The van der Waals surface area contributed by atoms with Crippen LogP contribution in [0, 0.1) is 0 Å². The second-order valence-corrected chi connectivity index (χ2v) is 5.57. The maximum absolute atomic E-state index is 9.97. The summed E-state index contributed by atoms with van der Waals surface area (Å²) in [7, 11) is 1.54. The van der Waals surface area contributed by atoms with Crippen LogP contribution in [0.25, 0.3) is 6.08 Å². The number of aliphatic hydroxyl groups is 1. The van der Waals surface area contributed by atoms with E-state index in [2.05, 4.69) is 9.97 Å². The van der Waals surface area contributed by atoms with Gasteiger partial charge in [0, 0.05) is 24.2 Å². The van der Waals surface area contributed by atoms with Crippen LogP contribution in [-0.4, -0.2) is 33.8 Å². The minimum absolute atomic E-state index is 0.555. The lowest BCUT2D eigenvalue weighted by molar-refractivity contribution is -0.0893. The standard InChI is InChI=1S/C13H21BN3O2/c1-9(15)6-11-16-7-10(8-17-11)14-19-13(4,5)12(2,3)18/h6-8,18H,15H2,1-5H3. The number of hydrogen-bond donors (Lipinski definition) is 2. The third-order valence-electron chi connectivity index (χ3n) is 3.01. The number of hydrogen-bond acceptors (Lipinski definition) is 5. The molecule has 19 heavy (non-hydrogen) atoms. The molecule has 5 nitrogen and oxygen atoms in total. The van der Waals surface area contributed by atoms with Crippen molar-refractivity contribution in [1.82, 2.24) is 9.97 Å². The van der Waals surface area contributed by atoms with Gasteiger partial charge in [-0.2, -0.15) is 0 Å². The Morgan fingerprint density at radius 3 is 2.26 bits per heavy atom. The summed E-state index contributed by atoms with van der Waals surface area (Å²) in [6.07, 6.45) is 4.97. The molecule has 1 aromatic heterocycles. The first-order chi connectivity index (χ1) is 8.62. The van der Waals surface area contributed by atoms with Gasteiger partial charge in [-0.25, -0.2) is 9.97 Å². The van der Waals surface area contributed by atoms with Crippen LogP contribution in [0.2, 0.25) is 0 Å². The normalized spacial score (nSPS) is 13.5. The Bertz CT molecular complexity index is 446. The maximum Gasteiger partial charge on any atom is 0.334 e. The number of nitrogens with zero attached hydrogens (tertiary/aromatic N) is 2. The van der Waals surface area contributed by atoms with Crippen LogP contribution < -0.4 is 11.2 Å². The van der Waals surface area contributed by atoms with Crippen LogP contribution in [0.1, 0.15) is 40.4 Å². The Labute approximate surface area is 115 Å². The van der Waals surface area contributed by atoms with Crippen molar-refractivity contribution >= 4 is 19.0 Å². The summed E-state index contributed by atoms with van der Waals surface area (Å²) in [5.41, 5.74) is 5.26. The van der Waals surface area contributed by atoms with Crippen LogP contribution >= 0.6 is 0 Å². The zero-order valence-corrected chi connectivity index (χ0v) is 12.1. The van der Waals surface area contributed by atoms with Crippen LogP contribution in [0.4, 0.5) is 0 Å². The zero-order valence-electron chi connectivity index (χ0n) is 12.1. The summed E-state index contributed by atoms with van der Waals surface area (Å²) in [6.45, 7) is 8.82. The van der Waals surface area contributed by atoms with Gasteiger partial charge in [0.15, 0.2) is 5.82 Å². The lowest BCUT2D eigenvalue weighted by Gasteiger charge is -2.37. The molecule has 0 aliphatic heterocycles. The van der Waals surface area contributed by atoms with Crippen molar-refractivity contribution in [2.45, 2.75) is 45.8 Å². The van der Waals surface area contributed by atoms with Gasteiger partial charge in [0.2, 0.25) is 0 Å². The summed E-state index contributed by atoms with van der Waals surface area (Å²) >= 11 is 0. The molecule has 0 amide bonds. The van der Waals surface area contributed by atoms with Crippen molar-refractivity contribution in [2.24, 2.45) is 5.73 Å². The number of rotatable bonds is 5. The summed E-state index contributed by atoms with van der Waals surface area (Å²) < 4.78 is 5.61. The Kier molecular flexibility index (Phi) is 4.71. The van der Waals surface area contributed by atoms with Gasteiger partial charge in [0.1, 0.15) is 0 Å². The molecule has 0 unspecified atom stereocenters. The first kappa shape index (κ1) is 15.7. The number of aromatic nitrogens is 2. The SMILES string of the molecule is CC(N)=Cc1ncc([B]OC(C)(C)C(C)(C)O)cn1. The minimum Gasteiger partial charge on any atom is -0.427 e. The predicted molar refractivity (Wildman–Crippen MR) is 76.7 cm³/mol. The van der Waals surface area contributed by atoms with E-state index < -0.39 is 11.2 Å². The molecule has 6 heteroatoms. The molecule has 0 aromatic carbocycles. The fourth-order valence-electron chi connectivity index (χ4n) is 1.05. The van der Waals surface area contributed by atoms with E-state index in [1.165, 1.54) is 0 Å². The van der Waals surface area contributed by atoms with Gasteiger partial charge in [-0.1, -0.05) is 0 Å². The van der Waals surface area contributed by atoms with Gasteiger partial charge in [-0.3, -0.25) is 0 Å². The van der Waals surface area contributed by atoms with Gasteiger partial charge in [-0.15, -0.1) is 0 Å². The van der Waals surface area contributed by atoms with Gasteiger partial charge in [0.05, 0.1) is 11.2 Å². The van der Waals surface area contributed by atoms with E-state index in [9.17, 15) is 5.11 Å². The molecule has 103 valence electrons. The number of allylic oxidation sites excluding steroid dienone is 1. The summed E-state index contributed by atoms with van der Waals surface area (Å²) in [5, 5.41) is 9.97. The lowest BCUT2D eigenvalue weighted by Crippen LogP contribution is -2.49. The second-order valence-electron chi connectivity index (χ2n) is 5.57. The third-order valence-corrected chi connectivity index (χ3v) is 3.01. The molecular weight excluding hydrogens is 241 g/mol. The molecule has 0 bridgehead atoms. The van der Waals surface area contributed by atoms with Crippen molar-refractivity contribution in [3.8, 4) is 0 Å². The quantitative estimate of drug-likeness (QED) is 0.760. The van der Waals surface area contributed by atoms with E-state index in [0.29, 0.717) is 11.5 Å². The molecule has 1 aromatic rings. The van der Waals surface area contributed by atoms with Gasteiger partial charge in [0.25, 0.3) is 0 Å². The van der Waals surface area contributed by atoms with Crippen molar-refractivity contribution < 1.29 is 9.76 Å². The minimum atomic E-state index is -0.955. The number of nitrogens with two attached hydrogens (primary N) is 1. The molecule has 3 N–H and O–H groups in total. The molecule has 1 heterocycles. The van der Waals surface area contributed by atoms with Crippen LogP contribution in [0.5, 0.6) is 0 Å². The fourth-order valence-corrected chi connectivity index (χ4v) is 1.05. The average molecular weight is 262 g/mol. The van der Waals surface area contributed by atoms with Crippen LogP contribution in [-0.2, 0) is 4.65 Å². The van der Waals surface area contributed by atoms with E-state index in [0.717, 1.165) is 5.46 Å². The van der Waals surface area contributed by atoms with Gasteiger partial charge in [-0.05, 0) is 40.1 Å². The molecule has 0 aliphatic carbocycles. The molecule has 0 saturated carbocycles. The van der Waals surface area contributed by atoms with Crippen molar-refractivity contribution in [3.05, 3.63) is 23.9 Å². The van der Waals surface area contributed by atoms with Crippen molar-refractivity contribution in [2.75, 3.05) is 0 Å². The highest BCUT2D eigenvalue weighted by molar-refractivity contribution is 6.46. The third kappa shape index (κ3) is 4.65. The molecule has 0 spiro atoms. The second kappa shape index (κ2) is 5.71. The Morgan fingerprint density at radius 2 is 1.84 bits per heavy atom. The average Bonchev–Trinajstić information content (AvgIpc) is 2.26. The Hall–Kier alpha value is -1.40. The highest BCUT2D eigenvalue weighted by Gasteiger charge is 2.35.